The van der Waals surface area contributed by atoms with Gasteiger partial charge < -0.3 is 10.2 Å². The average molecular weight is 352 g/mol. The summed E-state index contributed by atoms with van der Waals surface area (Å²) in [5.74, 6) is 0.0695. The third-order valence-corrected chi connectivity index (χ3v) is 5.12. The summed E-state index contributed by atoms with van der Waals surface area (Å²) in [7, 11) is 0. The van der Waals surface area contributed by atoms with Crippen molar-refractivity contribution in [3.8, 4) is 0 Å². The Bertz CT molecular complexity index is 711. The molecular weight excluding hydrogens is 324 g/mol. The summed E-state index contributed by atoms with van der Waals surface area (Å²) < 4.78 is 0. The molecule has 1 aliphatic heterocycles. The quantitative estimate of drug-likeness (QED) is 0.866. The number of likely N-dealkylation sites (N-methyl/N-ethyl adjacent to an activating group) is 1. The molecule has 1 aliphatic rings. The number of rotatable bonds is 6. The Hall–Kier alpha value is -2.24. The van der Waals surface area contributed by atoms with Gasteiger partial charge in [0, 0.05) is 38.6 Å². The number of hydrogen-bond donors (Lipinski definition) is 1. The van der Waals surface area contributed by atoms with Crippen molar-refractivity contribution in [2.75, 3.05) is 39.3 Å². The van der Waals surface area contributed by atoms with E-state index in [1.807, 2.05) is 24.3 Å². The fraction of sp³-hybridized carbons (Fsp3) is 0.429. The van der Waals surface area contributed by atoms with Crippen LogP contribution in [0.1, 0.15) is 29.7 Å². The van der Waals surface area contributed by atoms with Crippen LogP contribution in [0.15, 0.2) is 48.8 Å². The molecule has 1 N–H and O–H groups in total. The van der Waals surface area contributed by atoms with E-state index in [1.54, 1.807) is 12.4 Å². The molecule has 0 spiro atoms. The van der Waals surface area contributed by atoms with E-state index < -0.39 is 0 Å². The third kappa shape index (κ3) is 4.68. The summed E-state index contributed by atoms with van der Waals surface area (Å²) in [6.45, 7) is 9.77. The number of hydrogen-bond acceptors (Lipinski definition) is 4. The minimum atomic E-state index is -0.149. The van der Waals surface area contributed by atoms with Crippen LogP contribution in [-0.2, 0) is 4.79 Å². The number of carbonyl (C=O) groups is 1. The maximum Gasteiger partial charge on any atom is 0.234 e. The fourth-order valence-corrected chi connectivity index (χ4v) is 3.48. The Balaban J connectivity index is 1.70. The Labute approximate surface area is 156 Å². The van der Waals surface area contributed by atoms with E-state index in [4.69, 9.17) is 0 Å². The first-order chi connectivity index (χ1) is 12.7. The predicted octanol–water partition coefficient (Wildman–Crippen LogP) is 2.23. The Morgan fingerprint density at radius 1 is 1.08 bits per heavy atom. The summed E-state index contributed by atoms with van der Waals surface area (Å²) >= 11 is 0. The summed E-state index contributed by atoms with van der Waals surface area (Å²) in [5.41, 5.74) is 3.35. The third-order valence-electron chi connectivity index (χ3n) is 5.12. The molecule has 1 fully saturated rings. The Morgan fingerprint density at radius 3 is 2.38 bits per heavy atom. The highest BCUT2D eigenvalue weighted by molar-refractivity contribution is 5.79. The van der Waals surface area contributed by atoms with Gasteiger partial charge in [-0.15, -0.1) is 0 Å². The topological polar surface area (TPSA) is 48.5 Å². The molecule has 0 radical (unpaired) electrons. The maximum absolute atomic E-state index is 12.7. The zero-order valence-corrected chi connectivity index (χ0v) is 15.7. The molecule has 3 rings (SSSR count). The molecule has 5 nitrogen and oxygen atoms in total. The second-order valence-corrected chi connectivity index (χ2v) is 6.85. The van der Waals surface area contributed by atoms with Crippen molar-refractivity contribution in [1.29, 1.82) is 0 Å². The van der Waals surface area contributed by atoms with Gasteiger partial charge in [-0.05, 0) is 42.3 Å². The normalized spacial score (nSPS) is 17.0. The van der Waals surface area contributed by atoms with Crippen molar-refractivity contribution >= 4 is 5.91 Å². The van der Waals surface area contributed by atoms with E-state index in [9.17, 15) is 4.79 Å². The molecule has 1 aromatic carbocycles. The molecule has 2 heterocycles. The van der Waals surface area contributed by atoms with Gasteiger partial charge in [0.2, 0.25) is 5.91 Å². The lowest BCUT2D eigenvalue weighted by molar-refractivity contribution is -0.123. The van der Waals surface area contributed by atoms with E-state index in [0.717, 1.165) is 43.9 Å². The molecule has 1 saturated heterocycles. The number of aromatic nitrogens is 1. The number of benzene rings is 1. The van der Waals surface area contributed by atoms with Gasteiger partial charge in [-0.2, -0.15) is 0 Å². The van der Waals surface area contributed by atoms with E-state index in [0.29, 0.717) is 6.54 Å². The zero-order chi connectivity index (χ0) is 18.4. The molecule has 1 amide bonds. The van der Waals surface area contributed by atoms with Crippen LogP contribution in [0.2, 0.25) is 0 Å². The van der Waals surface area contributed by atoms with Crippen molar-refractivity contribution in [2.45, 2.75) is 19.9 Å². The second kappa shape index (κ2) is 8.92. The lowest BCUT2D eigenvalue weighted by Gasteiger charge is -2.34. The number of pyridine rings is 1. The van der Waals surface area contributed by atoms with E-state index in [2.05, 4.69) is 46.1 Å². The highest BCUT2D eigenvalue weighted by atomic mass is 16.2. The molecule has 138 valence electrons. The van der Waals surface area contributed by atoms with Gasteiger partial charge in [-0.25, -0.2) is 0 Å². The molecule has 0 aliphatic carbocycles. The molecule has 26 heavy (non-hydrogen) atoms. The van der Waals surface area contributed by atoms with E-state index in [-0.39, 0.29) is 11.9 Å². The predicted molar refractivity (Wildman–Crippen MR) is 104 cm³/mol. The number of nitrogens with zero attached hydrogens (tertiary/aromatic N) is 3. The lowest BCUT2D eigenvalue weighted by atomic mass is 9.95. The van der Waals surface area contributed by atoms with Crippen LogP contribution < -0.4 is 5.32 Å². The van der Waals surface area contributed by atoms with Crippen LogP contribution in [0.4, 0.5) is 0 Å². The molecule has 0 bridgehead atoms. The van der Waals surface area contributed by atoms with E-state index >= 15 is 0 Å². The van der Waals surface area contributed by atoms with Crippen molar-refractivity contribution in [2.24, 2.45) is 0 Å². The zero-order valence-electron chi connectivity index (χ0n) is 15.7. The average Bonchev–Trinajstić information content (AvgIpc) is 2.68. The molecule has 1 atom stereocenters. The molecule has 2 aromatic rings. The number of amides is 1. The summed E-state index contributed by atoms with van der Waals surface area (Å²) in [5, 5.41) is 3.24. The van der Waals surface area contributed by atoms with Crippen LogP contribution in [0.3, 0.4) is 0 Å². The number of piperazine rings is 1. The van der Waals surface area contributed by atoms with E-state index in [1.165, 1.54) is 5.56 Å². The highest BCUT2D eigenvalue weighted by Crippen LogP contribution is 2.24. The van der Waals surface area contributed by atoms with Crippen LogP contribution in [-0.4, -0.2) is 60.0 Å². The Kier molecular flexibility index (Phi) is 6.36. The lowest BCUT2D eigenvalue weighted by Crippen LogP contribution is -2.49. The standard InChI is InChI=1S/C21H28N4O/c1-3-24-12-14-25(15-13-24)16-20(26)23-21(18-8-10-22-11-9-18)19-7-5-4-6-17(19)2/h4-11,21H,3,12-16H2,1-2H3,(H,23,26). The van der Waals surface area contributed by atoms with Crippen LogP contribution in [0, 0.1) is 6.92 Å². The summed E-state index contributed by atoms with van der Waals surface area (Å²) in [6.07, 6.45) is 3.55. The van der Waals surface area contributed by atoms with Gasteiger partial charge in [0.25, 0.3) is 0 Å². The molecule has 1 unspecified atom stereocenters. The van der Waals surface area contributed by atoms with Gasteiger partial charge in [-0.1, -0.05) is 31.2 Å². The first kappa shape index (κ1) is 18.5. The fourth-order valence-electron chi connectivity index (χ4n) is 3.48. The van der Waals surface area contributed by atoms with Crippen LogP contribution in [0.5, 0.6) is 0 Å². The SMILES string of the molecule is CCN1CCN(CC(=O)NC(c2ccncc2)c2ccccc2C)CC1. The summed E-state index contributed by atoms with van der Waals surface area (Å²) in [4.78, 5) is 21.5. The van der Waals surface area contributed by atoms with Gasteiger partial charge in [0.05, 0.1) is 12.6 Å². The minimum absolute atomic E-state index is 0.0695. The van der Waals surface area contributed by atoms with Crippen LogP contribution in [0.25, 0.3) is 0 Å². The van der Waals surface area contributed by atoms with Gasteiger partial charge >= 0.3 is 0 Å². The number of nitrogens with one attached hydrogen (secondary N) is 1. The molecular formula is C21H28N4O. The molecule has 5 heteroatoms. The number of carbonyl (C=O) groups excluding carboxylic acids is 1. The van der Waals surface area contributed by atoms with Crippen molar-refractivity contribution < 1.29 is 4.79 Å². The van der Waals surface area contributed by atoms with Crippen molar-refractivity contribution in [3.63, 3.8) is 0 Å². The monoisotopic (exact) mass is 352 g/mol. The minimum Gasteiger partial charge on any atom is -0.344 e. The van der Waals surface area contributed by atoms with Gasteiger partial charge in [0.1, 0.15) is 0 Å². The maximum atomic E-state index is 12.7. The van der Waals surface area contributed by atoms with Crippen molar-refractivity contribution in [3.05, 3.63) is 65.5 Å². The Morgan fingerprint density at radius 2 is 1.73 bits per heavy atom. The van der Waals surface area contributed by atoms with Gasteiger partial charge in [0.15, 0.2) is 0 Å². The van der Waals surface area contributed by atoms with Crippen LogP contribution >= 0.6 is 0 Å². The number of aryl methyl sites for hydroxylation is 1. The summed E-state index contributed by atoms with van der Waals surface area (Å²) in [6, 6.07) is 12.0. The molecule has 1 aromatic heterocycles. The van der Waals surface area contributed by atoms with Crippen molar-refractivity contribution in [1.82, 2.24) is 20.1 Å². The largest absolute Gasteiger partial charge is 0.344 e. The van der Waals surface area contributed by atoms with Gasteiger partial charge in [-0.3, -0.25) is 14.7 Å². The second-order valence-electron chi connectivity index (χ2n) is 6.85. The highest BCUT2D eigenvalue weighted by Gasteiger charge is 2.22. The smallest absolute Gasteiger partial charge is 0.234 e. The first-order valence-electron chi connectivity index (χ1n) is 9.37. The molecule has 0 saturated carbocycles. The first-order valence-corrected chi connectivity index (χ1v) is 9.37.